The van der Waals surface area contributed by atoms with Crippen LogP contribution < -0.4 is 0 Å². The predicted molar refractivity (Wildman–Crippen MR) is 79.8 cm³/mol. The summed E-state index contributed by atoms with van der Waals surface area (Å²) in [7, 11) is 0. The summed E-state index contributed by atoms with van der Waals surface area (Å²) in [4.78, 5) is 6.04. The molecule has 6 heteroatoms. The fourth-order valence-corrected chi connectivity index (χ4v) is 3.01. The van der Waals surface area contributed by atoms with Crippen LogP contribution in [0, 0.1) is 6.92 Å². The Morgan fingerprint density at radius 3 is 2.77 bits per heavy atom. The molecule has 0 bridgehead atoms. The van der Waals surface area contributed by atoms with Crippen molar-refractivity contribution in [2.75, 3.05) is 13.1 Å². The third-order valence-corrected chi connectivity index (χ3v) is 4.03. The maximum atomic E-state index is 13.8. The number of benzene rings is 1. The van der Waals surface area contributed by atoms with Gasteiger partial charge >= 0.3 is 0 Å². The van der Waals surface area contributed by atoms with E-state index in [-0.39, 0.29) is 13.0 Å². The van der Waals surface area contributed by atoms with Gasteiger partial charge in [0.1, 0.15) is 5.82 Å². The number of H-pyrrole nitrogens is 1. The van der Waals surface area contributed by atoms with Crippen molar-refractivity contribution >= 4 is 0 Å². The molecule has 1 aromatic heterocycles. The summed E-state index contributed by atoms with van der Waals surface area (Å²) in [6, 6.07) is 9.71. The van der Waals surface area contributed by atoms with Crippen LogP contribution in [0.3, 0.4) is 0 Å². The number of aromatic nitrogens is 3. The van der Waals surface area contributed by atoms with Gasteiger partial charge in [-0.1, -0.05) is 30.3 Å². The van der Waals surface area contributed by atoms with Gasteiger partial charge in [-0.05, 0) is 31.9 Å². The Labute approximate surface area is 128 Å². The molecule has 1 aliphatic heterocycles. The number of likely N-dealkylation sites (tertiary alicyclic amines) is 1. The van der Waals surface area contributed by atoms with Gasteiger partial charge < -0.3 is 0 Å². The number of rotatable bonds is 5. The molecule has 0 spiro atoms. The van der Waals surface area contributed by atoms with Gasteiger partial charge in [0.15, 0.2) is 5.82 Å². The Morgan fingerprint density at radius 2 is 2.09 bits per heavy atom. The number of aromatic amines is 1. The molecular formula is C16H20F2N4. The first-order valence-corrected chi connectivity index (χ1v) is 7.58. The van der Waals surface area contributed by atoms with Crippen LogP contribution in [0.15, 0.2) is 30.3 Å². The minimum Gasteiger partial charge on any atom is -0.287 e. The summed E-state index contributed by atoms with van der Waals surface area (Å²) >= 11 is 0. The van der Waals surface area contributed by atoms with Crippen LogP contribution in [0.5, 0.6) is 0 Å². The lowest BCUT2D eigenvalue weighted by molar-refractivity contribution is 0.0119. The molecule has 2 aromatic rings. The van der Waals surface area contributed by atoms with E-state index in [9.17, 15) is 8.78 Å². The van der Waals surface area contributed by atoms with Crippen LogP contribution in [0.25, 0.3) is 0 Å². The molecule has 3 rings (SSSR count). The van der Waals surface area contributed by atoms with Crippen molar-refractivity contribution in [3.05, 3.63) is 47.5 Å². The minimum absolute atomic E-state index is 0.199. The number of hydrogen-bond donors (Lipinski definition) is 1. The van der Waals surface area contributed by atoms with E-state index in [2.05, 4.69) is 27.3 Å². The number of alkyl halides is 2. The van der Waals surface area contributed by atoms with Gasteiger partial charge in [-0.2, -0.15) is 5.10 Å². The van der Waals surface area contributed by atoms with Crippen LogP contribution >= 0.6 is 0 Å². The third kappa shape index (κ3) is 3.50. The van der Waals surface area contributed by atoms with E-state index in [0.717, 1.165) is 12.8 Å². The maximum absolute atomic E-state index is 13.8. The van der Waals surface area contributed by atoms with Crippen molar-refractivity contribution in [1.82, 2.24) is 20.1 Å². The topological polar surface area (TPSA) is 44.8 Å². The van der Waals surface area contributed by atoms with Gasteiger partial charge in [-0.15, -0.1) is 0 Å². The second-order valence-electron chi connectivity index (χ2n) is 5.91. The van der Waals surface area contributed by atoms with Gasteiger partial charge in [0.2, 0.25) is 0 Å². The van der Waals surface area contributed by atoms with Gasteiger partial charge in [-0.25, -0.2) is 13.8 Å². The average Bonchev–Trinajstić information content (AvgIpc) is 3.03. The molecule has 4 nitrogen and oxygen atoms in total. The van der Waals surface area contributed by atoms with Crippen molar-refractivity contribution in [1.29, 1.82) is 0 Å². The first-order chi connectivity index (χ1) is 10.5. The smallest absolute Gasteiger partial charge is 0.262 e. The molecule has 0 saturated carbocycles. The van der Waals surface area contributed by atoms with Crippen molar-refractivity contribution in [3.63, 3.8) is 0 Å². The lowest BCUT2D eigenvalue weighted by Crippen LogP contribution is -2.28. The van der Waals surface area contributed by atoms with Crippen LogP contribution in [-0.4, -0.2) is 39.1 Å². The van der Waals surface area contributed by atoms with Gasteiger partial charge in [0.05, 0.1) is 12.6 Å². The fraction of sp³-hybridized carbons (Fsp3) is 0.500. The fourth-order valence-electron chi connectivity index (χ4n) is 3.01. The molecule has 0 unspecified atom stereocenters. The molecule has 1 atom stereocenters. The highest BCUT2D eigenvalue weighted by Crippen LogP contribution is 2.39. The van der Waals surface area contributed by atoms with E-state index in [0.29, 0.717) is 18.2 Å². The van der Waals surface area contributed by atoms with Crippen LogP contribution in [0.1, 0.15) is 36.1 Å². The number of nitrogens with zero attached hydrogens (tertiary/aromatic N) is 3. The summed E-state index contributed by atoms with van der Waals surface area (Å²) in [6.07, 6.45) is 1.54. The summed E-state index contributed by atoms with van der Waals surface area (Å²) in [5.41, 5.74) is 1.23. The Hall–Kier alpha value is -1.82. The van der Waals surface area contributed by atoms with E-state index in [1.54, 1.807) is 6.92 Å². The Kier molecular flexibility index (Phi) is 4.20. The molecule has 1 aromatic carbocycles. The Bertz CT molecular complexity index is 612. The SMILES string of the molecule is Cc1nc([C@@H]2CC(F)(F)CN2CCCc2ccccc2)n[nH]1. The molecule has 0 aliphatic carbocycles. The quantitative estimate of drug-likeness (QED) is 0.923. The van der Waals surface area contributed by atoms with E-state index < -0.39 is 12.0 Å². The Morgan fingerprint density at radius 1 is 1.32 bits per heavy atom. The lowest BCUT2D eigenvalue weighted by Gasteiger charge is -2.21. The van der Waals surface area contributed by atoms with Crippen molar-refractivity contribution in [2.45, 2.75) is 38.2 Å². The molecular weight excluding hydrogens is 286 g/mol. The molecule has 1 fully saturated rings. The molecule has 1 saturated heterocycles. The zero-order chi connectivity index (χ0) is 15.6. The van der Waals surface area contributed by atoms with Gasteiger partial charge in [-0.3, -0.25) is 10.00 Å². The number of hydrogen-bond acceptors (Lipinski definition) is 3. The van der Waals surface area contributed by atoms with E-state index >= 15 is 0 Å². The van der Waals surface area contributed by atoms with Crippen LogP contribution in [-0.2, 0) is 6.42 Å². The lowest BCUT2D eigenvalue weighted by atomic mass is 10.1. The molecule has 1 N–H and O–H groups in total. The molecule has 22 heavy (non-hydrogen) atoms. The monoisotopic (exact) mass is 306 g/mol. The van der Waals surface area contributed by atoms with Crippen LogP contribution in [0.2, 0.25) is 0 Å². The van der Waals surface area contributed by atoms with E-state index in [4.69, 9.17) is 0 Å². The average molecular weight is 306 g/mol. The van der Waals surface area contributed by atoms with Crippen molar-refractivity contribution in [2.24, 2.45) is 0 Å². The standard InChI is InChI=1S/C16H20F2N4/c1-12-19-15(21-20-12)14-10-16(17,18)11-22(14)9-5-8-13-6-3-2-4-7-13/h2-4,6-7,14H,5,8-11H2,1H3,(H,19,20,21)/t14-/m0/s1. The minimum atomic E-state index is -2.66. The predicted octanol–water partition coefficient (Wildman–Crippen LogP) is 3.13. The highest BCUT2D eigenvalue weighted by atomic mass is 19.3. The summed E-state index contributed by atoms with van der Waals surface area (Å²) in [6.45, 7) is 2.20. The van der Waals surface area contributed by atoms with Gasteiger partial charge in [0, 0.05) is 6.42 Å². The zero-order valence-corrected chi connectivity index (χ0v) is 12.6. The molecule has 2 heterocycles. The first kappa shape index (κ1) is 15.1. The number of aryl methyl sites for hydroxylation is 2. The second kappa shape index (κ2) is 6.12. The molecule has 0 radical (unpaired) electrons. The number of nitrogens with one attached hydrogen (secondary N) is 1. The van der Waals surface area contributed by atoms with Crippen LogP contribution in [0.4, 0.5) is 8.78 Å². The summed E-state index contributed by atoms with van der Waals surface area (Å²) in [5.74, 6) is -1.52. The second-order valence-corrected chi connectivity index (χ2v) is 5.91. The maximum Gasteiger partial charge on any atom is 0.262 e. The van der Waals surface area contributed by atoms with Crippen molar-refractivity contribution in [3.8, 4) is 0 Å². The molecule has 1 aliphatic rings. The highest BCUT2D eigenvalue weighted by Gasteiger charge is 2.46. The van der Waals surface area contributed by atoms with E-state index in [1.807, 2.05) is 23.1 Å². The first-order valence-electron chi connectivity index (χ1n) is 7.58. The third-order valence-electron chi connectivity index (χ3n) is 4.03. The number of halogens is 2. The van der Waals surface area contributed by atoms with E-state index in [1.165, 1.54) is 5.56 Å². The molecule has 0 amide bonds. The molecule has 118 valence electrons. The van der Waals surface area contributed by atoms with Gasteiger partial charge in [0.25, 0.3) is 5.92 Å². The summed E-state index contributed by atoms with van der Waals surface area (Å²) in [5, 5.41) is 6.81. The van der Waals surface area contributed by atoms with Crippen molar-refractivity contribution < 1.29 is 8.78 Å². The largest absolute Gasteiger partial charge is 0.287 e. The normalized spacial score (nSPS) is 21.3. The highest BCUT2D eigenvalue weighted by molar-refractivity contribution is 5.14. The summed E-state index contributed by atoms with van der Waals surface area (Å²) < 4.78 is 27.6. The zero-order valence-electron chi connectivity index (χ0n) is 12.6. The Balaban J connectivity index is 1.63.